The molecule has 0 fully saturated rings. The van der Waals surface area contributed by atoms with Crippen molar-refractivity contribution >= 4 is 40.9 Å². The van der Waals surface area contributed by atoms with E-state index in [0.29, 0.717) is 6.37 Å². The normalized spacial score (nSPS) is 15.4. The maximum Gasteiger partial charge on any atom is 0.134 e. The second kappa shape index (κ2) is 3.16. The molecule has 0 aliphatic carbocycles. The summed E-state index contributed by atoms with van der Waals surface area (Å²) in [4.78, 5) is 0. The minimum Gasteiger partial charge on any atom is -0.277 e. The smallest absolute Gasteiger partial charge is 0.134 e. The molecular weight excluding hydrogens is 254 g/mol. The molecule has 2 aromatic heterocycles. The van der Waals surface area contributed by atoms with Crippen LogP contribution >= 0.6 is 40.9 Å². The highest BCUT2D eigenvalue weighted by Gasteiger charge is 2.10. The van der Waals surface area contributed by atoms with Crippen LogP contribution < -0.4 is 0 Å². The highest BCUT2D eigenvalue weighted by Crippen LogP contribution is 2.78. The van der Waals surface area contributed by atoms with Gasteiger partial charge in [-0.2, -0.15) is 0 Å². The minimum atomic E-state index is 0.220. The predicted octanol–water partition coefficient (Wildman–Crippen LogP) is 4.99. The van der Waals surface area contributed by atoms with E-state index in [1.165, 1.54) is 17.6 Å². The first kappa shape index (κ1) is 8.60. The Balaban J connectivity index is 2.32. The molecule has 0 saturated carbocycles. The van der Waals surface area contributed by atoms with Gasteiger partial charge in [0.25, 0.3) is 0 Å². The van der Waals surface area contributed by atoms with Crippen molar-refractivity contribution in [1.29, 1.82) is 0 Å². The van der Waals surface area contributed by atoms with Crippen LogP contribution in [-0.2, 0) is 0 Å². The lowest BCUT2D eigenvalue weighted by molar-refractivity contribution is 1.20. The maximum absolute atomic E-state index is 5.41. The Kier molecular flexibility index (Phi) is 2.09. The molecule has 0 saturated heterocycles. The van der Waals surface area contributed by atoms with E-state index >= 15 is 0 Å². The predicted molar refractivity (Wildman–Crippen MR) is 69.4 cm³/mol. The van der Waals surface area contributed by atoms with Crippen molar-refractivity contribution in [2.45, 2.75) is 0 Å². The maximum atomic E-state index is 5.41. The summed E-state index contributed by atoms with van der Waals surface area (Å²) in [5.74, 6) is 0. The molecule has 0 radical (unpaired) electrons. The number of para-hydroxylation sites is 1. The van der Waals surface area contributed by atoms with Gasteiger partial charge in [0.1, 0.15) is 4.37 Å². The van der Waals surface area contributed by atoms with Gasteiger partial charge in [-0.1, -0.05) is 45.8 Å². The van der Waals surface area contributed by atoms with E-state index in [0.717, 1.165) is 7.87 Å². The van der Waals surface area contributed by atoms with Gasteiger partial charge < -0.3 is 0 Å². The van der Waals surface area contributed by atoms with E-state index in [4.69, 9.17) is 12.2 Å². The molecule has 0 aliphatic rings. The molecule has 1 nitrogen and oxygen atoms in total. The molecule has 2 heterocycles. The average molecular weight is 261 g/mol. The fraction of sp³-hybridized carbons (Fsp3) is 0. The van der Waals surface area contributed by atoms with Crippen molar-refractivity contribution in [3.05, 3.63) is 34.7 Å². The number of rotatable bonds is 1. The molecule has 0 aliphatic heterocycles. The van der Waals surface area contributed by atoms with Gasteiger partial charge in [0.2, 0.25) is 0 Å². The van der Waals surface area contributed by atoms with Gasteiger partial charge in [0.05, 0.1) is 5.69 Å². The molecule has 4 atom stereocenters. The largest absolute Gasteiger partial charge is 0.277 e. The van der Waals surface area contributed by atoms with Crippen molar-refractivity contribution < 1.29 is 0 Å². The van der Waals surface area contributed by atoms with Crippen LogP contribution in [0.5, 0.6) is 0 Å². The molecule has 1 aromatic carbocycles. The Labute approximate surface area is 85.6 Å². The second-order valence-corrected chi connectivity index (χ2v) is 20.1. The molecule has 0 amide bonds. The van der Waals surface area contributed by atoms with E-state index in [-0.39, 0.29) is 6.85 Å². The van der Waals surface area contributed by atoms with Crippen LogP contribution in [0.1, 0.15) is 0 Å². The molecule has 6 heteroatoms. The second-order valence-electron chi connectivity index (χ2n) is 2.77. The Hall–Kier alpha value is 0.310. The fourth-order valence-electron chi connectivity index (χ4n) is 1.29. The van der Waals surface area contributed by atoms with Gasteiger partial charge in [-0.15, -0.1) is 0 Å². The first-order valence-electron chi connectivity index (χ1n) is 3.88. The van der Waals surface area contributed by atoms with Crippen LogP contribution in [0.15, 0.2) is 30.3 Å². The van der Waals surface area contributed by atoms with E-state index in [9.17, 15) is 0 Å². The van der Waals surface area contributed by atoms with Crippen molar-refractivity contribution in [1.82, 2.24) is 4.33 Å². The molecule has 4 unspecified atom stereocenters. The molecule has 3 aromatic rings. The molecule has 0 spiro atoms. The van der Waals surface area contributed by atoms with Gasteiger partial charge in [-0.05, 0) is 18.5 Å². The summed E-state index contributed by atoms with van der Waals surface area (Å²) in [6, 6.07) is 10.6. The zero-order valence-electron chi connectivity index (χ0n) is 6.64. The van der Waals surface area contributed by atoms with Crippen molar-refractivity contribution in [3.63, 3.8) is 0 Å². The zero-order valence-corrected chi connectivity index (χ0v) is 11.2. The SMILES string of the molecule is S=c1[pH]p2[pH]p2n1-c1ccccc1. The molecule has 0 N–H and O–H groups in total. The highest BCUT2D eigenvalue weighted by molar-refractivity contribution is 8.74. The van der Waals surface area contributed by atoms with E-state index in [1.807, 2.05) is 0 Å². The Morgan fingerprint density at radius 1 is 1.23 bits per heavy atom. The standard InChI is InChI=1S/C7H7NP4S/c13-7-8(11-10-12(11)9-7)6-4-2-1-3-5-6/h1-5,9-10H. The van der Waals surface area contributed by atoms with Gasteiger partial charge in [0, 0.05) is 6.85 Å². The number of fused-ring (bicyclic) bond motifs is 1. The Bertz CT molecular complexity index is 578. The van der Waals surface area contributed by atoms with Gasteiger partial charge in [0.15, 0.2) is 0 Å². The van der Waals surface area contributed by atoms with E-state index in [2.05, 4.69) is 34.7 Å². The third-order valence-corrected chi connectivity index (χ3v) is 23.0. The summed E-state index contributed by atoms with van der Waals surface area (Å²) in [6.45, 7) is 0.220. The topological polar surface area (TPSA) is 4.93 Å². The van der Waals surface area contributed by atoms with Crippen LogP contribution in [0, 0.1) is 4.37 Å². The third-order valence-electron chi connectivity index (χ3n) is 1.92. The number of aromatic nitrogens is 1. The summed E-state index contributed by atoms with van der Waals surface area (Å²) in [6.07, 6.45) is 0.404. The van der Waals surface area contributed by atoms with E-state index in [1.54, 1.807) is 0 Å². The van der Waals surface area contributed by atoms with Gasteiger partial charge in [-0.25, -0.2) is 0 Å². The average Bonchev–Trinajstić information content (AvgIpc) is 2.80. The van der Waals surface area contributed by atoms with Crippen LogP contribution in [0.4, 0.5) is 0 Å². The summed E-state index contributed by atoms with van der Waals surface area (Å²) in [7, 11) is 2.26. The summed E-state index contributed by atoms with van der Waals surface area (Å²) in [5, 5.41) is 0. The molecule has 0 bridgehead atoms. The first-order chi connectivity index (χ1) is 6.36. The minimum absolute atomic E-state index is 0.220. The fourth-order valence-corrected chi connectivity index (χ4v) is 27.1. The number of benzene rings is 1. The summed E-state index contributed by atoms with van der Waals surface area (Å²) >= 11 is 5.41. The first-order valence-corrected chi connectivity index (χ1v) is 12.2. The van der Waals surface area contributed by atoms with E-state index < -0.39 is 0 Å². The zero-order chi connectivity index (χ0) is 8.84. The molecular formula is C7H7NP4S. The molecule has 13 heavy (non-hydrogen) atoms. The quantitative estimate of drug-likeness (QED) is 0.558. The Morgan fingerprint density at radius 2 is 2.00 bits per heavy atom. The van der Waals surface area contributed by atoms with Crippen LogP contribution in [-0.4, -0.2) is 4.33 Å². The summed E-state index contributed by atoms with van der Waals surface area (Å²) < 4.78 is 3.68. The monoisotopic (exact) mass is 261 g/mol. The lowest BCUT2D eigenvalue weighted by atomic mass is 10.3. The van der Waals surface area contributed by atoms with Crippen molar-refractivity contribution in [2.75, 3.05) is 0 Å². The van der Waals surface area contributed by atoms with Crippen LogP contribution in [0.3, 0.4) is 0 Å². The molecule has 3 rings (SSSR count). The number of hydrogen-bond donors (Lipinski definition) is 0. The highest BCUT2D eigenvalue weighted by atomic mass is 32.8. The Morgan fingerprint density at radius 3 is 2.62 bits per heavy atom. The summed E-state index contributed by atoms with van der Waals surface area (Å²) in [5.41, 5.74) is 1.33. The number of nitrogens with zero attached hydrogens (tertiary/aromatic N) is 1. The van der Waals surface area contributed by atoms with Crippen LogP contribution in [0.2, 0.25) is 0 Å². The lowest BCUT2D eigenvalue weighted by Gasteiger charge is -2.00. The van der Waals surface area contributed by atoms with Crippen molar-refractivity contribution in [3.8, 4) is 5.69 Å². The lowest BCUT2D eigenvalue weighted by Crippen LogP contribution is -1.85. The third kappa shape index (κ3) is 1.42. The molecule has 66 valence electrons. The van der Waals surface area contributed by atoms with Gasteiger partial charge >= 0.3 is 0 Å². The number of hydrogen-bond acceptors (Lipinski definition) is 1. The van der Waals surface area contributed by atoms with Gasteiger partial charge in [-0.3, -0.25) is 4.33 Å². The van der Waals surface area contributed by atoms with Crippen LogP contribution in [0.25, 0.3) is 5.69 Å². The van der Waals surface area contributed by atoms with Crippen molar-refractivity contribution in [2.24, 2.45) is 0 Å².